The number of hydrogen-bond acceptors (Lipinski definition) is 2. The quantitative estimate of drug-likeness (QED) is 0.741. The van der Waals surface area contributed by atoms with Crippen molar-refractivity contribution in [3.8, 4) is 0 Å². The van der Waals surface area contributed by atoms with Crippen LogP contribution in [-0.2, 0) is 6.42 Å². The van der Waals surface area contributed by atoms with E-state index in [-0.39, 0.29) is 6.10 Å². The molecule has 1 aromatic rings. The van der Waals surface area contributed by atoms with Crippen LogP contribution in [0.25, 0.3) is 0 Å². The van der Waals surface area contributed by atoms with Gasteiger partial charge in [-0.25, -0.2) is 0 Å². The summed E-state index contributed by atoms with van der Waals surface area (Å²) in [6.07, 6.45) is 8.41. The molecule has 1 saturated heterocycles. The molecule has 0 radical (unpaired) electrons. The first kappa shape index (κ1) is 15.5. The number of aryl methyl sites for hydroxylation is 1. The van der Waals surface area contributed by atoms with Gasteiger partial charge in [0.1, 0.15) is 0 Å². The largest absolute Gasteiger partial charge is 0.388 e. The van der Waals surface area contributed by atoms with Crippen molar-refractivity contribution in [3.05, 3.63) is 35.4 Å². The molecule has 0 aliphatic carbocycles. The van der Waals surface area contributed by atoms with Gasteiger partial charge in [0.25, 0.3) is 0 Å². The lowest BCUT2D eigenvalue weighted by atomic mass is 9.89. The molecule has 1 aliphatic heterocycles. The van der Waals surface area contributed by atoms with E-state index in [1.54, 1.807) is 0 Å². The Balaban J connectivity index is 1.83. The molecule has 1 fully saturated rings. The highest BCUT2D eigenvalue weighted by molar-refractivity contribution is 5.24. The Bertz CT molecular complexity index is 368. The maximum Gasteiger partial charge on any atom is 0.0830 e. The predicted molar refractivity (Wildman–Crippen MR) is 84.8 cm³/mol. The Morgan fingerprint density at radius 1 is 1.20 bits per heavy atom. The normalized spacial score (nSPS) is 20.8. The smallest absolute Gasteiger partial charge is 0.0830 e. The minimum absolute atomic E-state index is 0.308. The number of rotatable bonds is 7. The minimum atomic E-state index is -0.308. The van der Waals surface area contributed by atoms with Crippen molar-refractivity contribution >= 4 is 0 Å². The van der Waals surface area contributed by atoms with E-state index in [0.29, 0.717) is 5.92 Å². The van der Waals surface area contributed by atoms with Gasteiger partial charge >= 0.3 is 0 Å². The molecule has 2 atom stereocenters. The topological polar surface area (TPSA) is 32.3 Å². The minimum Gasteiger partial charge on any atom is -0.388 e. The zero-order valence-electron chi connectivity index (χ0n) is 12.8. The maximum atomic E-state index is 10.4. The number of piperidine rings is 1. The summed E-state index contributed by atoms with van der Waals surface area (Å²) in [7, 11) is 0. The molecule has 2 nitrogen and oxygen atoms in total. The first-order valence-electron chi connectivity index (χ1n) is 8.29. The van der Waals surface area contributed by atoms with Gasteiger partial charge in [-0.1, -0.05) is 50.5 Å². The zero-order chi connectivity index (χ0) is 14.2. The first-order chi connectivity index (χ1) is 9.81. The molecule has 1 aliphatic rings. The Labute approximate surface area is 123 Å². The number of nitrogens with one attached hydrogen (secondary N) is 1. The number of unbranched alkanes of at least 4 members (excludes halogenated alkanes) is 3. The summed E-state index contributed by atoms with van der Waals surface area (Å²) >= 11 is 0. The third-order valence-electron chi connectivity index (χ3n) is 4.42. The number of aliphatic hydroxyl groups excluding tert-OH is 1. The van der Waals surface area contributed by atoms with Crippen molar-refractivity contribution in [2.24, 2.45) is 5.92 Å². The highest BCUT2D eigenvalue weighted by atomic mass is 16.3. The third kappa shape index (κ3) is 4.60. The molecule has 112 valence electrons. The molecule has 1 heterocycles. The fraction of sp³-hybridized carbons (Fsp3) is 0.667. The highest BCUT2D eigenvalue weighted by Crippen LogP contribution is 2.27. The lowest BCUT2D eigenvalue weighted by molar-refractivity contribution is 0.0921. The Hall–Kier alpha value is -0.860. The Kier molecular flexibility index (Phi) is 6.55. The molecule has 2 unspecified atom stereocenters. The van der Waals surface area contributed by atoms with Crippen LogP contribution in [0.3, 0.4) is 0 Å². The molecular formula is C18H29NO. The molecule has 1 aromatic carbocycles. The molecule has 2 heteroatoms. The molecule has 0 saturated carbocycles. The summed E-state index contributed by atoms with van der Waals surface area (Å²) in [5, 5.41) is 13.8. The van der Waals surface area contributed by atoms with Crippen molar-refractivity contribution in [2.75, 3.05) is 13.1 Å². The molecule has 0 spiro atoms. The molecule has 0 aromatic heterocycles. The van der Waals surface area contributed by atoms with Gasteiger partial charge in [-0.15, -0.1) is 0 Å². The lowest BCUT2D eigenvalue weighted by Crippen LogP contribution is -2.33. The lowest BCUT2D eigenvalue weighted by Gasteiger charge is -2.27. The van der Waals surface area contributed by atoms with E-state index < -0.39 is 0 Å². The summed E-state index contributed by atoms with van der Waals surface area (Å²) < 4.78 is 0. The average Bonchev–Trinajstić information content (AvgIpc) is 2.52. The summed E-state index contributed by atoms with van der Waals surface area (Å²) in [5.41, 5.74) is 2.48. The fourth-order valence-corrected chi connectivity index (χ4v) is 3.06. The van der Waals surface area contributed by atoms with Crippen LogP contribution in [0.1, 0.15) is 62.7 Å². The van der Waals surface area contributed by atoms with Crippen molar-refractivity contribution in [1.29, 1.82) is 0 Å². The zero-order valence-corrected chi connectivity index (χ0v) is 12.8. The predicted octanol–water partition coefficient (Wildman–Crippen LogP) is 3.84. The van der Waals surface area contributed by atoms with Crippen LogP contribution in [0.2, 0.25) is 0 Å². The van der Waals surface area contributed by atoms with E-state index in [1.165, 1.54) is 44.1 Å². The Morgan fingerprint density at radius 3 is 2.65 bits per heavy atom. The van der Waals surface area contributed by atoms with Gasteiger partial charge in [0.2, 0.25) is 0 Å². The summed E-state index contributed by atoms with van der Waals surface area (Å²) in [4.78, 5) is 0. The SMILES string of the molecule is CCCCCCc1ccc(C(O)C2CCCNC2)cc1. The van der Waals surface area contributed by atoms with Gasteiger partial charge in [0.15, 0.2) is 0 Å². The van der Waals surface area contributed by atoms with Gasteiger partial charge in [-0.05, 0) is 43.4 Å². The summed E-state index contributed by atoms with van der Waals surface area (Å²) in [6.45, 7) is 4.29. The van der Waals surface area contributed by atoms with Crippen molar-refractivity contribution in [1.82, 2.24) is 5.32 Å². The van der Waals surface area contributed by atoms with Gasteiger partial charge < -0.3 is 10.4 Å². The van der Waals surface area contributed by atoms with Crippen LogP contribution in [-0.4, -0.2) is 18.2 Å². The van der Waals surface area contributed by atoms with Gasteiger partial charge in [0, 0.05) is 12.5 Å². The van der Waals surface area contributed by atoms with Crippen LogP contribution in [0, 0.1) is 5.92 Å². The van der Waals surface area contributed by atoms with Gasteiger partial charge in [-0.3, -0.25) is 0 Å². The molecule has 0 bridgehead atoms. The van der Waals surface area contributed by atoms with Crippen molar-refractivity contribution in [3.63, 3.8) is 0 Å². The van der Waals surface area contributed by atoms with Gasteiger partial charge in [0.05, 0.1) is 6.10 Å². The molecule has 20 heavy (non-hydrogen) atoms. The summed E-state index contributed by atoms with van der Waals surface area (Å²) in [5.74, 6) is 0.374. The second-order valence-electron chi connectivity index (χ2n) is 6.10. The van der Waals surface area contributed by atoms with Crippen molar-refractivity contribution in [2.45, 2.75) is 58.0 Å². The Morgan fingerprint density at radius 2 is 2.00 bits per heavy atom. The van der Waals surface area contributed by atoms with E-state index in [2.05, 4.69) is 36.5 Å². The number of aliphatic hydroxyl groups is 1. The highest BCUT2D eigenvalue weighted by Gasteiger charge is 2.22. The number of hydrogen-bond donors (Lipinski definition) is 2. The van der Waals surface area contributed by atoms with Crippen molar-refractivity contribution < 1.29 is 5.11 Å². The van der Waals surface area contributed by atoms with E-state index >= 15 is 0 Å². The van der Waals surface area contributed by atoms with E-state index in [4.69, 9.17) is 0 Å². The molecule has 0 amide bonds. The van der Waals surface area contributed by atoms with Gasteiger partial charge in [-0.2, -0.15) is 0 Å². The van der Waals surface area contributed by atoms with Crippen LogP contribution in [0.15, 0.2) is 24.3 Å². The number of benzene rings is 1. The van der Waals surface area contributed by atoms with E-state index in [1.807, 2.05) is 0 Å². The second-order valence-corrected chi connectivity index (χ2v) is 6.10. The molecule has 2 rings (SSSR count). The first-order valence-corrected chi connectivity index (χ1v) is 8.29. The second kappa shape index (κ2) is 8.43. The van der Waals surface area contributed by atoms with Crippen LogP contribution >= 0.6 is 0 Å². The van der Waals surface area contributed by atoms with Crippen LogP contribution in [0.4, 0.5) is 0 Å². The van der Waals surface area contributed by atoms with E-state index in [0.717, 1.165) is 25.1 Å². The standard InChI is InChI=1S/C18H29NO/c1-2-3-4-5-7-15-9-11-16(12-10-15)18(20)17-8-6-13-19-14-17/h9-12,17-20H,2-8,13-14H2,1H3. The summed E-state index contributed by atoms with van der Waals surface area (Å²) in [6, 6.07) is 8.63. The molecular weight excluding hydrogens is 246 g/mol. The van der Waals surface area contributed by atoms with E-state index in [9.17, 15) is 5.11 Å². The average molecular weight is 275 g/mol. The maximum absolute atomic E-state index is 10.4. The van der Waals surface area contributed by atoms with Crippen LogP contribution in [0.5, 0.6) is 0 Å². The fourth-order valence-electron chi connectivity index (χ4n) is 3.06. The monoisotopic (exact) mass is 275 g/mol. The van der Waals surface area contributed by atoms with Crippen LogP contribution < -0.4 is 5.32 Å². The molecule has 2 N–H and O–H groups in total. The third-order valence-corrected chi connectivity index (χ3v) is 4.42.